The number of epoxide rings is 1. The summed E-state index contributed by atoms with van der Waals surface area (Å²) in [6.07, 6.45) is 0.0237. The van der Waals surface area contributed by atoms with E-state index in [1.54, 1.807) is 6.07 Å². The highest BCUT2D eigenvalue weighted by molar-refractivity contribution is 5.26. The quantitative estimate of drug-likeness (QED) is 0.562. The van der Waals surface area contributed by atoms with Gasteiger partial charge >= 0.3 is 0 Å². The van der Waals surface area contributed by atoms with Crippen molar-refractivity contribution in [1.29, 1.82) is 0 Å². The molecule has 1 heterocycles. The van der Waals surface area contributed by atoms with Gasteiger partial charge in [-0.05, 0) is 18.6 Å². The van der Waals surface area contributed by atoms with Crippen LogP contribution in [0.3, 0.4) is 0 Å². The molecule has 1 saturated heterocycles. The van der Waals surface area contributed by atoms with Gasteiger partial charge < -0.3 is 4.74 Å². The minimum Gasteiger partial charge on any atom is -0.368 e. The van der Waals surface area contributed by atoms with E-state index in [4.69, 9.17) is 4.74 Å². The van der Waals surface area contributed by atoms with Crippen molar-refractivity contribution in [3.63, 3.8) is 0 Å². The predicted molar refractivity (Wildman–Crippen MR) is 39.8 cm³/mol. The van der Waals surface area contributed by atoms with Gasteiger partial charge in [-0.2, -0.15) is 0 Å². The van der Waals surface area contributed by atoms with E-state index in [-0.39, 0.29) is 11.9 Å². The molecule has 0 amide bonds. The molecule has 11 heavy (non-hydrogen) atoms. The molecule has 58 valence electrons. The van der Waals surface area contributed by atoms with Crippen molar-refractivity contribution in [3.8, 4) is 0 Å². The van der Waals surface area contributed by atoms with Crippen LogP contribution in [0, 0.1) is 12.7 Å². The summed E-state index contributed by atoms with van der Waals surface area (Å²) in [6, 6.07) is 5.24. The fraction of sp³-hybridized carbons (Fsp3) is 0.333. The van der Waals surface area contributed by atoms with E-state index in [0.29, 0.717) is 12.2 Å². The number of ether oxygens (including phenoxy) is 1. The summed E-state index contributed by atoms with van der Waals surface area (Å²) < 4.78 is 18.0. The third-order valence-corrected chi connectivity index (χ3v) is 1.84. The molecule has 0 aromatic heterocycles. The largest absolute Gasteiger partial charge is 0.368 e. The summed E-state index contributed by atoms with van der Waals surface area (Å²) in [5.41, 5.74) is 1.64. The van der Waals surface area contributed by atoms with Crippen LogP contribution in [0.5, 0.6) is 0 Å². The second kappa shape index (κ2) is 2.31. The fourth-order valence-electron chi connectivity index (χ4n) is 1.12. The Hall–Kier alpha value is -0.890. The molecule has 0 bridgehead atoms. The van der Waals surface area contributed by atoms with E-state index in [0.717, 1.165) is 5.56 Å². The van der Waals surface area contributed by atoms with Crippen LogP contribution in [-0.2, 0) is 4.74 Å². The third kappa shape index (κ3) is 1.26. The maximum absolute atomic E-state index is 13.1. The van der Waals surface area contributed by atoms with Crippen LogP contribution in [0.15, 0.2) is 18.2 Å². The highest BCUT2D eigenvalue weighted by atomic mass is 19.1. The van der Waals surface area contributed by atoms with E-state index in [2.05, 4.69) is 0 Å². The van der Waals surface area contributed by atoms with Crippen molar-refractivity contribution in [1.82, 2.24) is 0 Å². The third-order valence-electron chi connectivity index (χ3n) is 1.84. The van der Waals surface area contributed by atoms with Gasteiger partial charge in [0.25, 0.3) is 0 Å². The first kappa shape index (κ1) is 6.80. The zero-order chi connectivity index (χ0) is 7.84. The molecule has 1 aromatic rings. The highest BCUT2D eigenvalue weighted by Gasteiger charge is 2.27. The van der Waals surface area contributed by atoms with E-state index >= 15 is 0 Å². The standard InChI is InChI=1S/C9H9FO/c1-6-2-3-7(8(10)4-6)9-5-11-9/h2-4,9H,5H2,1H3/t9-/m1/s1. The summed E-state index contributed by atoms with van der Waals surface area (Å²) in [6.45, 7) is 2.54. The number of halogens is 1. The van der Waals surface area contributed by atoms with Crippen LogP contribution in [-0.4, -0.2) is 6.61 Å². The minimum atomic E-state index is -0.146. The Morgan fingerprint density at radius 2 is 2.27 bits per heavy atom. The van der Waals surface area contributed by atoms with Gasteiger partial charge in [-0.3, -0.25) is 0 Å². The Morgan fingerprint density at radius 3 is 2.82 bits per heavy atom. The summed E-state index contributed by atoms with van der Waals surface area (Å²) in [5, 5.41) is 0. The second-order valence-electron chi connectivity index (χ2n) is 2.85. The zero-order valence-electron chi connectivity index (χ0n) is 6.30. The normalized spacial score (nSPS) is 21.8. The van der Waals surface area contributed by atoms with Crippen molar-refractivity contribution in [3.05, 3.63) is 35.1 Å². The second-order valence-corrected chi connectivity index (χ2v) is 2.85. The first-order chi connectivity index (χ1) is 5.27. The molecule has 1 aliphatic rings. The summed E-state index contributed by atoms with van der Waals surface area (Å²) >= 11 is 0. The maximum Gasteiger partial charge on any atom is 0.129 e. The van der Waals surface area contributed by atoms with Gasteiger partial charge in [-0.15, -0.1) is 0 Å². The number of hydrogen-bond acceptors (Lipinski definition) is 1. The molecule has 0 aliphatic carbocycles. The molecular weight excluding hydrogens is 143 g/mol. The van der Waals surface area contributed by atoms with Crippen LogP contribution in [0.2, 0.25) is 0 Å². The number of hydrogen-bond donors (Lipinski definition) is 0. The summed E-state index contributed by atoms with van der Waals surface area (Å²) in [7, 11) is 0. The van der Waals surface area contributed by atoms with Gasteiger partial charge in [0.05, 0.1) is 6.61 Å². The van der Waals surface area contributed by atoms with E-state index in [1.807, 2.05) is 13.0 Å². The van der Waals surface area contributed by atoms with Crippen LogP contribution >= 0.6 is 0 Å². The van der Waals surface area contributed by atoms with Crippen LogP contribution in [0.4, 0.5) is 4.39 Å². The van der Waals surface area contributed by atoms with Gasteiger partial charge in [0.15, 0.2) is 0 Å². The Morgan fingerprint density at radius 1 is 1.55 bits per heavy atom. The van der Waals surface area contributed by atoms with Gasteiger partial charge in [0.2, 0.25) is 0 Å². The van der Waals surface area contributed by atoms with Gasteiger partial charge in [0.1, 0.15) is 11.9 Å². The summed E-state index contributed by atoms with van der Waals surface area (Å²) in [4.78, 5) is 0. The number of aryl methyl sites for hydroxylation is 1. The fourth-order valence-corrected chi connectivity index (χ4v) is 1.12. The molecule has 1 aromatic carbocycles. The molecule has 0 spiro atoms. The minimum absolute atomic E-state index is 0.0237. The lowest BCUT2D eigenvalue weighted by Gasteiger charge is -1.98. The lowest BCUT2D eigenvalue weighted by atomic mass is 10.1. The predicted octanol–water partition coefficient (Wildman–Crippen LogP) is 2.21. The van der Waals surface area contributed by atoms with Crippen molar-refractivity contribution in [2.45, 2.75) is 13.0 Å². The van der Waals surface area contributed by atoms with E-state index < -0.39 is 0 Å². The van der Waals surface area contributed by atoms with Gasteiger partial charge in [0, 0.05) is 5.56 Å². The molecule has 1 nitrogen and oxygen atoms in total. The average molecular weight is 152 g/mol. The zero-order valence-corrected chi connectivity index (χ0v) is 6.30. The molecule has 1 fully saturated rings. The van der Waals surface area contributed by atoms with Crippen LogP contribution < -0.4 is 0 Å². The van der Waals surface area contributed by atoms with E-state index in [9.17, 15) is 4.39 Å². The first-order valence-electron chi connectivity index (χ1n) is 3.65. The Labute approximate surface area is 64.8 Å². The maximum atomic E-state index is 13.1. The SMILES string of the molecule is Cc1ccc([C@H]2CO2)c(F)c1. The molecule has 1 aliphatic heterocycles. The molecule has 0 unspecified atom stereocenters. The van der Waals surface area contributed by atoms with Gasteiger partial charge in [-0.1, -0.05) is 12.1 Å². The molecule has 0 N–H and O–H groups in total. The molecule has 2 heteroatoms. The van der Waals surface area contributed by atoms with Crippen LogP contribution in [0.25, 0.3) is 0 Å². The average Bonchev–Trinajstić information content (AvgIpc) is 2.70. The monoisotopic (exact) mass is 152 g/mol. The smallest absolute Gasteiger partial charge is 0.129 e. The molecule has 0 saturated carbocycles. The lowest BCUT2D eigenvalue weighted by Crippen LogP contribution is -1.87. The Balaban J connectivity index is 2.39. The topological polar surface area (TPSA) is 12.5 Å². The highest BCUT2D eigenvalue weighted by Crippen LogP contribution is 2.31. The van der Waals surface area contributed by atoms with Crippen molar-refractivity contribution >= 4 is 0 Å². The molecule has 1 atom stereocenters. The van der Waals surface area contributed by atoms with Crippen molar-refractivity contribution < 1.29 is 9.13 Å². The summed E-state index contributed by atoms with van der Waals surface area (Å²) in [5.74, 6) is -0.146. The number of benzene rings is 1. The van der Waals surface area contributed by atoms with E-state index in [1.165, 1.54) is 6.07 Å². The first-order valence-corrected chi connectivity index (χ1v) is 3.65. The van der Waals surface area contributed by atoms with Crippen LogP contribution in [0.1, 0.15) is 17.2 Å². The van der Waals surface area contributed by atoms with Crippen molar-refractivity contribution in [2.24, 2.45) is 0 Å². The lowest BCUT2D eigenvalue weighted by molar-refractivity contribution is 0.408. The molecule has 0 radical (unpaired) electrons. The number of rotatable bonds is 1. The Kier molecular flexibility index (Phi) is 1.43. The van der Waals surface area contributed by atoms with Crippen molar-refractivity contribution in [2.75, 3.05) is 6.61 Å². The van der Waals surface area contributed by atoms with Gasteiger partial charge in [-0.25, -0.2) is 4.39 Å². The molecule has 2 rings (SSSR count). The Bertz CT molecular complexity index is 279. The molecular formula is C9H9FO.